The van der Waals surface area contributed by atoms with Gasteiger partial charge in [-0.2, -0.15) is 0 Å². The van der Waals surface area contributed by atoms with Gasteiger partial charge in [0.15, 0.2) is 0 Å². The molecule has 31 heavy (non-hydrogen) atoms. The molecule has 1 aromatic rings. The van der Waals surface area contributed by atoms with E-state index in [-0.39, 0.29) is 25.3 Å². The average Bonchev–Trinajstić information content (AvgIpc) is 2.69. The molecule has 1 atom stereocenters. The number of carbonyl (C=O) groups excluding carboxylic acids is 2. The molecule has 0 spiro atoms. The number of sulfonamides is 1. The molecule has 0 radical (unpaired) electrons. The summed E-state index contributed by atoms with van der Waals surface area (Å²) in [4.78, 5) is 25.6. The molecule has 1 rings (SSSR count). The normalized spacial score (nSPS) is 12.9. The number of hydroxylamine groups is 1. The van der Waals surface area contributed by atoms with Crippen LogP contribution in [0.4, 0.5) is 0 Å². The van der Waals surface area contributed by atoms with E-state index in [1.807, 2.05) is 44.2 Å². The Hall–Kier alpha value is -2.49. The summed E-state index contributed by atoms with van der Waals surface area (Å²) in [6, 6.07) is 8.06. The summed E-state index contributed by atoms with van der Waals surface area (Å²) in [6.07, 6.45) is 4.96. The van der Waals surface area contributed by atoms with Crippen LogP contribution in [-0.2, 0) is 19.6 Å². The number of nitrogens with one attached hydrogen (secondary N) is 1. The third kappa shape index (κ3) is 9.04. The Morgan fingerprint density at radius 1 is 1.23 bits per heavy atom. The highest BCUT2D eigenvalue weighted by molar-refractivity contribution is 7.88. The molecule has 9 heteroatoms. The number of carbonyl (C=O) groups is 2. The van der Waals surface area contributed by atoms with Gasteiger partial charge in [-0.05, 0) is 31.2 Å². The standard InChI is InChI=1S/C22H33N3O5S/c1-17(2)14-15-21(26)25(24(16-18(3)4)31(5,29)30)20(22(27)23-28)13-9-12-19-10-7-6-8-11-19/h6-12,17,20,28H,3,13-16H2,1-2,4-5H3,(H,23,27)/t20-/m0/s1. The fraction of sp³-hybridized carbons (Fsp3) is 0.455. The number of benzene rings is 1. The molecule has 1 aromatic carbocycles. The number of amides is 2. The molecule has 0 heterocycles. The lowest BCUT2D eigenvalue weighted by Gasteiger charge is -2.37. The number of hydrazine groups is 1. The summed E-state index contributed by atoms with van der Waals surface area (Å²) < 4.78 is 25.9. The fourth-order valence-electron chi connectivity index (χ4n) is 2.85. The van der Waals surface area contributed by atoms with Gasteiger partial charge in [-0.25, -0.2) is 18.9 Å². The molecule has 0 aliphatic rings. The molecule has 172 valence electrons. The van der Waals surface area contributed by atoms with Crippen molar-refractivity contribution in [2.75, 3.05) is 12.8 Å². The molecular formula is C22H33N3O5S. The molecule has 8 nitrogen and oxygen atoms in total. The zero-order valence-electron chi connectivity index (χ0n) is 18.6. The largest absolute Gasteiger partial charge is 0.289 e. The lowest BCUT2D eigenvalue weighted by atomic mass is 10.1. The molecule has 2 N–H and O–H groups in total. The van der Waals surface area contributed by atoms with Gasteiger partial charge in [0.25, 0.3) is 5.91 Å². The van der Waals surface area contributed by atoms with Crippen LogP contribution >= 0.6 is 0 Å². The van der Waals surface area contributed by atoms with Crippen LogP contribution in [0.25, 0.3) is 6.08 Å². The minimum atomic E-state index is -3.91. The summed E-state index contributed by atoms with van der Waals surface area (Å²) in [5, 5.41) is 10.2. The Labute approximate surface area is 185 Å². The van der Waals surface area contributed by atoms with Gasteiger partial charge in [0.2, 0.25) is 15.9 Å². The van der Waals surface area contributed by atoms with E-state index < -0.39 is 27.9 Å². The van der Waals surface area contributed by atoms with Crippen LogP contribution in [0.1, 0.15) is 45.6 Å². The maximum atomic E-state index is 13.1. The van der Waals surface area contributed by atoms with Crippen molar-refractivity contribution in [1.82, 2.24) is 14.9 Å². The highest BCUT2D eigenvalue weighted by Crippen LogP contribution is 2.19. The van der Waals surface area contributed by atoms with E-state index in [9.17, 15) is 23.2 Å². The van der Waals surface area contributed by atoms with Crippen LogP contribution in [0.15, 0.2) is 48.6 Å². The number of hydrogen-bond donors (Lipinski definition) is 2. The number of hydrogen-bond acceptors (Lipinski definition) is 5. The van der Waals surface area contributed by atoms with Crippen molar-refractivity contribution in [1.29, 1.82) is 0 Å². The lowest BCUT2D eigenvalue weighted by Crippen LogP contribution is -2.58. The Morgan fingerprint density at radius 3 is 2.32 bits per heavy atom. The highest BCUT2D eigenvalue weighted by Gasteiger charge is 2.37. The van der Waals surface area contributed by atoms with Gasteiger partial charge in [0.1, 0.15) is 6.04 Å². The van der Waals surface area contributed by atoms with Crippen LogP contribution in [-0.4, -0.2) is 53.7 Å². The summed E-state index contributed by atoms with van der Waals surface area (Å²) >= 11 is 0. The van der Waals surface area contributed by atoms with E-state index in [2.05, 4.69) is 6.58 Å². The molecule has 0 aliphatic carbocycles. The highest BCUT2D eigenvalue weighted by atomic mass is 32.2. The smallest absolute Gasteiger partial charge is 0.268 e. The van der Waals surface area contributed by atoms with E-state index in [0.29, 0.717) is 12.0 Å². The van der Waals surface area contributed by atoms with Crippen LogP contribution < -0.4 is 5.48 Å². The van der Waals surface area contributed by atoms with Crippen LogP contribution in [0.5, 0.6) is 0 Å². The van der Waals surface area contributed by atoms with Crippen molar-refractivity contribution in [2.24, 2.45) is 5.92 Å². The molecule has 2 amide bonds. The minimum absolute atomic E-state index is 0.00306. The van der Waals surface area contributed by atoms with Gasteiger partial charge in [0, 0.05) is 6.42 Å². The first kappa shape index (κ1) is 26.5. The monoisotopic (exact) mass is 451 g/mol. The minimum Gasteiger partial charge on any atom is -0.289 e. The summed E-state index contributed by atoms with van der Waals surface area (Å²) in [7, 11) is -3.91. The van der Waals surface area contributed by atoms with Gasteiger partial charge < -0.3 is 0 Å². The first-order valence-corrected chi connectivity index (χ1v) is 11.9. The SMILES string of the molecule is C=C(C)CN(N(C(=O)CCC(C)C)[C@@H](CC=Cc1ccccc1)C(=O)NO)S(C)(=O)=O. The van der Waals surface area contributed by atoms with E-state index in [1.54, 1.807) is 24.6 Å². The van der Waals surface area contributed by atoms with Gasteiger partial charge in [-0.3, -0.25) is 14.8 Å². The maximum Gasteiger partial charge on any atom is 0.268 e. The molecule has 0 aromatic heterocycles. The Bertz CT molecular complexity index is 882. The Kier molecular flexibility index (Phi) is 10.6. The Balaban J connectivity index is 3.37. The quantitative estimate of drug-likeness (QED) is 0.289. The zero-order chi connectivity index (χ0) is 23.6. The van der Waals surface area contributed by atoms with Crippen molar-refractivity contribution in [3.8, 4) is 0 Å². The van der Waals surface area contributed by atoms with Crippen molar-refractivity contribution in [3.63, 3.8) is 0 Å². The molecule has 0 saturated carbocycles. The van der Waals surface area contributed by atoms with Crippen molar-refractivity contribution < 1.29 is 23.2 Å². The first-order chi connectivity index (χ1) is 14.5. The topological polar surface area (TPSA) is 107 Å². The third-order valence-corrected chi connectivity index (χ3v) is 5.47. The number of rotatable bonds is 12. The van der Waals surface area contributed by atoms with Gasteiger partial charge in [-0.1, -0.05) is 68.5 Å². The number of nitrogens with zero attached hydrogens (tertiary/aromatic N) is 2. The lowest BCUT2D eigenvalue weighted by molar-refractivity contribution is -0.155. The van der Waals surface area contributed by atoms with E-state index in [1.165, 1.54) is 0 Å². The third-order valence-electron chi connectivity index (χ3n) is 4.40. The van der Waals surface area contributed by atoms with Crippen LogP contribution in [0, 0.1) is 5.92 Å². The Morgan fingerprint density at radius 2 is 1.84 bits per heavy atom. The van der Waals surface area contributed by atoms with Crippen molar-refractivity contribution in [3.05, 3.63) is 54.1 Å². The van der Waals surface area contributed by atoms with Gasteiger partial charge >= 0.3 is 0 Å². The molecule has 0 aliphatic heterocycles. The van der Waals surface area contributed by atoms with E-state index in [0.717, 1.165) is 21.2 Å². The summed E-state index contributed by atoms with van der Waals surface area (Å²) in [5.74, 6) is -1.20. The fourth-order valence-corrected chi connectivity index (χ4v) is 3.83. The van der Waals surface area contributed by atoms with Crippen molar-refractivity contribution >= 4 is 27.9 Å². The zero-order valence-corrected chi connectivity index (χ0v) is 19.4. The maximum absolute atomic E-state index is 13.1. The molecule has 0 unspecified atom stereocenters. The molecule has 0 fully saturated rings. The van der Waals surface area contributed by atoms with Gasteiger partial charge in [0.05, 0.1) is 12.8 Å². The second-order valence-corrected chi connectivity index (χ2v) is 9.80. The summed E-state index contributed by atoms with van der Waals surface area (Å²) in [5.41, 5.74) is 2.94. The predicted molar refractivity (Wildman–Crippen MR) is 121 cm³/mol. The van der Waals surface area contributed by atoms with E-state index >= 15 is 0 Å². The van der Waals surface area contributed by atoms with E-state index in [4.69, 9.17) is 0 Å². The molecule has 0 saturated heterocycles. The van der Waals surface area contributed by atoms with Crippen molar-refractivity contribution in [2.45, 2.75) is 46.1 Å². The average molecular weight is 452 g/mol. The van der Waals surface area contributed by atoms with Crippen LogP contribution in [0.3, 0.4) is 0 Å². The van der Waals surface area contributed by atoms with Crippen LogP contribution in [0.2, 0.25) is 0 Å². The summed E-state index contributed by atoms with van der Waals surface area (Å²) in [6.45, 7) is 9.10. The molecular weight excluding hydrogens is 418 g/mol. The first-order valence-electron chi connectivity index (χ1n) is 10.1. The second kappa shape index (κ2) is 12.4. The van der Waals surface area contributed by atoms with Gasteiger partial charge in [-0.15, -0.1) is 4.41 Å². The predicted octanol–water partition coefficient (Wildman–Crippen LogP) is 2.98. The molecule has 0 bridgehead atoms. The second-order valence-electron chi connectivity index (χ2n) is 7.91.